The second-order valence-corrected chi connectivity index (χ2v) is 6.36. The molecule has 26 heavy (non-hydrogen) atoms. The Labute approximate surface area is 151 Å². The van der Waals surface area contributed by atoms with E-state index in [0.717, 1.165) is 49.7 Å². The van der Waals surface area contributed by atoms with Gasteiger partial charge in [0.2, 0.25) is 5.91 Å². The van der Waals surface area contributed by atoms with E-state index in [1.807, 2.05) is 24.3 Å². The smallest absolute Gasteiger partial charge is 0.243 e. The highest BCUT2D eigenvalue weighted by atomic mass is 19.1. The molecule has 2 aromatic rings. The Morgan fingerprint density at radius 1 is 1.04 bits per heavy atom. The lowest BCUT2D eigenvalue weighted by molar-refractivity contribution is -0.114. The molecule has 0 bridgehead atoms. The topological polar surface area (TPSA) is 47.6 Å². The van der Waals surface area contributed by atoms with E-state index in [4.69, 9.17) is 0 Å². The minimum Gasteiger partial charge on any atom is -0.376 e. The van der Waals surface area contributed by atoms with Crippen LogP contribution < -0.4 is 15.5 Å². The van der Waals surface area contributed by atoms with Crippen molar-refractivity contribution in [3.63, 3.8) is 0 Å². The summed E-state index contributed by atoms with van der Waals surface area (Å²) in [4.78, 5) is 16.5. The minimum absolute atomic E-state index is 0.00925. The Morgan fingerprint density at radius 2 is 1.73 bits per heavy atom. The first-order chi connectivity index (χ1) is 12.5. The molecule has 0 aliphatic carbocycles. The van der Waals surface area contributed by atoms with E-state index >= 15 is 0 Å². The van der Waals surface area contributed by atoms with Gasteiger partial charge in [-0.15, -0.1) is 0 Å². The molecule has 138 valence electrons. The van der Waals surface area contributed by atoms with Gasteiger partial charge in [0.15, 0.2) is 0 Å². The third kappa shape index (κ3) is 4.70. The summed E-state index contributed by atoms with van der Waals surface area (Å²) in [6.07, 6.45) is 0. The molecular formula is C19H22F2N4O. The van der Waals surface area contributed by atoms with Crippen molar-refractivity contribution in [3.05, 3.63) is 54.1 Å². The van der Waals surface area contributed by atoms with E-state index in [0.29, 0.717) is 0 Å². The van der Waals surface area contributed by atoms with Gasteiger partial charge < -0.3 is 20.4 Å². The molecule has 1 saturated heterocycles. The number of hydrogen-bond acceptors (Lipinski definition) is 4. The zero-order valence-electron chi connectivity index (χ0n) is 14.6. The number of benzene rings is 2. The van der Waals surface area contributed by atoms with Crippen LogP contribution >= 0.6 is 0 Å². The molecule has 1 heterocycles. The Kier molecular flexibility index (Phi) is 5.68. The van der Waals surface area contributed by atoms with Crippen molar-refractivity contribution in [1.82, 2.24) is 4.90 Å². The standard InChI is InChI=1S/C19H22F2N4O/c1-24-8-10-25(11-9-24)16-5-3-15(4-6-16)22-13-19(26)23-18-7-2-14(20)12-17(18)21/h2-7,12,22H,8-11,13H2,1H3,(H,23,26). The molecule has 2 N–H and O–H groups in total. The molecule has 1 amide bonds. The Morgan fingerprint density at radius 3 is 2.38 bits per heavy atom. The molecule has 1 aliphatic rings. The number of hydrogen-bond donors (Lipinski definition) is 2. The zero-order valence-corrected chi connectivity index (χ0v) is 14.6. The van der Waals surface area contributed by atoms with Crippen molar-refractivity contribution >= 4 is 23.0 Å². The van der Waals surface area contributed by atoms with E-state index in [2.05, 4.69) is 27.5 Å². The summed E-state index contributed by atoms with van der Waals surface area (Å²) < 4.78 is 26.4. The lowest BCUT2D eigenvalue weighted by atomic mass is 10.2. The van der Waals surface area contributed by atoms with Gasteiger partial charge in [-0.3, -0.25) is 4.79 Å². The average molecular weight is 360 g/mol. The second-order valence-electron chi connectivity index (χ2n) is 6.36. The van der Waals surface area contributed by atoms with Crippen molar-refractivity contribution in [3.8, 4) is 0 Å². The predicted molar refractivity (Wildman–Crippen MR) is 99.6 cm³/mol. The van der Waals surface area contributed by atoms with Gasteiger partial charge in [-0.2, -0.15) is 0 Å². The van der Waals surface area contributed by atoms with Crippen LogP contribution in [0.5, 0.6) is 0 Å². The van der Waals surface area contributed by atoms with Crippen LogP contribution in [-0.2, 0) is 4.79 Å². The fourth-order valence-electron chi connectivity index (χ4n) is 2.82. The first-order valence-corrected chi connectivity index (χ1v) is 8.53. The van der Waals surface area contributed by atoms with E-state index < -0.39 is 17.5 Å². The Hall–Kier alpha value is -2.67. The van der Waals surface area contributed by atoms with E-state index in [1.165, 1.54) is 6.07 Å². The predicted octanol–water partition coefficient (Wildman–Crippen LogP) is 2.77. The molecule has 0 spiro atoms. The fourth-order valence-corrected chi connectivity index (χ4v) is 2.82. The number of nitrogens with zero attached hydrogens (tertiary/aromatic N) is 2. The molecule has 0 saturated carbocycles. The summed E-state index contributed by atoms with van der Waals surface area (Å²) in [5.74, 6) is -1.88. The largest absolute Gasteiger partial charge is 0.376 e. The number of nitrogens with one attached hydrogen (secondary N) is 2. The molecule has 0 aromatic heterocycles. The second kappa shape index (κ2) is 8.14. The van der Waals surface area contributed by atoms with Crippen molar-refractivity contribution in [1.29, 1.82) is 0 Å². The molecule has 3 rings (SSSR count). The molecule has 1 aliphatic heterocycles. The monoisotopic (exact) mass is 360 g/mol. The first kappa shape index (κ1) is 18.1. The van der Waals surface area contributed by atoms with Crippen molar-refractivity contribution < 1.29 is 13.6 Å². The first-order valence-electron chi connectivity index (χ1n) is 8.53. The van der Waals surface area contributed by atoms with E-state index in [-0.39, 0.29) is 12.2 Å². The number of likely N-dealkylation sites (N-methyl/N-ethyl adjacent to an activating group) is 1. The van der Waals surface area contributed by atoms with Crippen LogP contribution in [-0.4, -0.2) is 50.6 Å². The zero-order chi connectivity index (χ0) is 18.5. The van der Waals surface area contributed by atoms with Gasteiger partial charge in [-0.1, -0.05) is 0 Å². The molecule has 5 nitrogen and oxygen atoms in total. The van der Waals surface area contributed by atoms with Gasteiger partial charge in [0, 0.05) is 43.6 Å². The normalized spacial score (nSPS) is 15.0. The van der Waals surface area contributed by atoms with Crippen LogP contribution in [0.4, 0.5) is 25.8 Å². The highest BCUT2D eigenvalue weighted by Crippen LogP contribution is 2.19. The lowest BCUT2D eigenvalue weighted by Crippen LogP contribution is -2.44. The molecular weight excluding hydrogens is 338 g/mol. The summed E-state index contributed by atoms with van der Waals surface area (Å²) in [5, 5.41) is 5.42. The average Bonchev–Trinajstić information content (AvgIpc) is 2.63. The quantitative estimate of drug-likeness (QED) is 0.861. The molecule has 1 fully saturated rings. The highest BCUT2D eigenvalue weighted by Gasteiger charge is 2.14. The molecule has 7 heteroatoms. The van der Waals surface area contributed by atoms with Gasteiger partial charge in [-0.05, 0) is 43.4 Å². The van der Waals surface area contributed by atoms with Gasteiger partial charge in [0.1, 0.15) is 11.6 Å². The number of carbonyl (C=O) groups is 1. The number of anilines is 3. The maximum Gasteiger partial charge on any atom is 0.243 e. The summed E-state index contributed by atoms with van der Waals surface area (Å²) in [6, 6.07) is 10.9. The molecule has 0 atom stereocenters. The fraction of sp³-hybridized carbons (Fsp3) is 0.316. The van der Waals surface area contributed by atoms with E-state index in [1.54, 1.807) is 0 Å². The SMILES string of the molecule is CN1CCN(c2ccc(NCC(=O)Nc3ccc(F)cc3F)cc2)CC1. The third-order valence-electron chi connectivity index (χ3n) is 4.39. The number of carbonyl (C=O) groups excluding carboxylic acids is 1. The van der Waals surface area contributed by atoms with E-state index in [9.17, 15) is 13.6 Å². The van der Waals surface area contributed by atoms with Crippen LogP contribution in [0.1, 0.15) is 0 Å². The van der Waals surface area contributed by atoms with Crippen LogP contribution in [0.2, 0.25) is 0 Å². The molecule has 0 radical (unpaired) electrons. The van der Waals surface area contributed by atoms with Crippen LogP contribution in [0.25, 0.3) is 0 Å². The van der Waals surface area contributed by atoms with Gasteiger partial charge in [0.25, 0.3) is 0 Å². The van der Waals surface area contributed by atoms with Crippen molar-refractivity contribution in [2.24, 2.45) is 0 Å². The number of rotatable bonds is 5. The summed E-state index contributed by atoms with van der Waals surface area (Å²) >= 11 is 0. The number of halogens is 2. The van der Waals surface area contributed by atoms with Gasteiger partial charge in [0.05, 0.1) is 12.2 Å². The Balaban J connectivity index is 1.50. The number of piperazine rings is 1. The highest BCUT2D eigenvalue weighted by molar-refractivity contribution is 5.93. The molecule has 0 unspecified atom stereocenters. The van der Waals surface area contributed by atoms with Crippen LogP contribution in [0, 0.1) is 11.6 Å². The maximum atomic E-state index is 13.5. The summed E-state index contributed by atoms with van der Waals surface area (Å²) in [6.45, 7) is 4.06. The third-order valence-corrected chi connectivity index (χ3v) is 4.39. The van der Waals surface area contributed by atoms with Crippen LogP contribution in [0.3, 0.4) is 0 Å². The summed E-state index contributed by atoms with van der Waals surface area (Å²) in [7, 11) is 2.12. The van der Waals surface area contributed by atoms with Crippen molar-refractivity contribution in [2.45, 2.75) is 0 Å². The van der Waals surface area contributed by atoms with Gasteiger partial charge in [-0.25, -0.2) is 8.78 Å². The van der Waals surface area contributed by atoms with Crippen LogP contribution in [0.15, 0.2) is 42.5 Å². The number of amides is 1. The molecule has 2 aromatic carbocycles. The lowest BCUT2D eigenvalue weighted by Gasteiger charge is -2.34. The van der Waals surface area contributed by atoms with Gasteiger partial charge >= 0.3 is 0 Å². The Bertz CT molecular complexity index is 759. The summed E-state index contributed by atoms with van der Waals surface area (Å²) in [5.41, 5.74) is 1.92. The maximum absolute atomic E-state index is 13.5. The minimum atomic E-state index is -0.796. The van der Waals surface area contributed by atoms with Crippen molar-refractivity contribution in [2.75, 3.05) is 55.3 Å².